The van der Waals surface area contributed by atoms with Crippen molar-refractivity contribution < 1.29 is 14.3 Å². The van der Waals surface area contributed by atoms with Crippen LogP contribution in [0.15, 0.2) is 30.6 Å². The summed E-state index contributed by atoms with van der Waals surface area (Å²) in [6.45, 7) is 0.555. The lowest BCUT2D eigenvalue weighted by Gasteiger charge is -2.09. The summed E-state index contributed by atoms with van der Waals surface area (Å²) in [5.41, 5.74) is 0.878. The molecule has 6 nitrogen and oxygen atoms in total. The minimum atomic E-state index is -0.0335. The van der Waals surface area contributed by atoms with E-state index in [1.54, 1.807) is 32.7 Å². The molecule has 0 saturated carbocycles. The van der Waals surface area contributed by atoms with Gasteiger partial charge in [-0.1, -0.05) is 6.07 Å². The Hall–Kier alpha value is -2.50. The molecule has 0 bridgehead atoms. The van der Waals surface area contributed by atoms with Gasteiger partial charge in [-0.3, -0.25) is 4.79 Å². The Bertz CT molecular complexity index is 582. The largest absolute Gasteiger partial charge is 0.493 e. The summed E-state index contributed by atoms with van der Waals surface area (Å²) < 4.78 is 10.4. The van der Waals surface area contributed by atoms with E-state index in [0.717, 1.165) is 11.4 Å². The quantitative estimate of drug-likeness (QED) is 0.806. The highest BCUT2D eigenvalue weighted by Gasteiger charge is 2.08. The molecule has 0 saturated heterocycles. The lowest BCUT2D eigenvalue weighted by molar-refractivity contribution is -0.120. The second kappa shape index (κ2) is 7.33. The maximum Gasteiger partial charge on any atom is 0.224 e. The fourth-order valence-corrected chi connectivity index (χ4v) is 1.99. The molecular formula is C15H19N3O3. The second-order valence-corrected chi connectivity index (χ2v) is 4.50. The highest BCUT2D eigenvalue weighted by atomic mass is 16.5. The summed E-state index contributed by atoms with van der Waals surface area (Å²) in [5.74, 6) is 2.10. The number of aromatic amines is 1. The number of nitrogens with zero attached hydrogens (tertiary/aromatic N) is 1. The maximum absolute atomic E-state index is 11.9. The van der Waals surface area contributed by atoms with Gasteiger partial charge in [-0.25, -0.2) is 4.98 Å². The van der Waals surface area contributed by atoms with Crippen molar-refractivity contribution in [3.8, 4) is 11.5 Å². The van der Waals surface area contributed by atoms with Crippen LogP contribution in [0.5, 0.6) is 11.5 Å². The molecule has 1 amide bonds. The minimum absolute atomic E-state index is 0.0335. The molecular weight excluding hydrogens is 270 g/mol. The first kappa shape index (κ1) is 14.9. The second-order valence-electron chi connectivity index (χ2n) is 4.50. The molecule has 21 heavy (non-hydrogen) atoms. The number of carbonyl (C=O) groups is 1. The van der Waals surface area contributed by atoms with E-state index in [-0.39, 0.29) is 5.91 Å². The van der Waals surface area contributed by atoms with E-state index in [1.807, 2.05) is 12.1 Å². The van der Waals surface area contributed by atoms with Gasteiger partial charge in [0.05, 0.1) is 20.6 Å². The molecule has 112 valence electrons. The van der Waals surface area contributed by atoms with Crippen molar-refractivity contribution in [2.45, 2.75) is 12.8 Å². The molecule has 6 heteroatoms. The van der Waals surface area contributed by atoms with Gasteiger partial charge in [0.1, 0.15) is 5.82 Å². The highest BCUT2D eigenvalue weighted by molar-refractivity contribution is 5.78. The minimum Gasteiger partial charge on any atom is -0.493 e. The van der Waals surface area contributed by atoms with E-state index in [2.05, 4.69) is 15.3 Å². The van der Waals surface area contributed by atoms with Gasteiger partial charge in [0, 0.05) is 25.4 Å². The summed E-state index contributed by atoms with van der Waals surface area (Å²) in [7, 11) is 3.16. The standard InChI is InChI=1S/C15H19N3O3/c1-20-12-4-3-11(9-13(12)21-2)10-15(19)18-6-5-14-16-7-8-17-14/h3-4,7-9H,5-6,10H2,1-2H3,(H,16,17)(H,18,19). The SMILES string of the molecule is COc1ccc(CC(=O)NCCc2ncc[nH]2)cc1OC. The van der Waals surface area contributed by atoms with Gasteiger partial charge in [-0.05, 0) is 17.7 Å². The van der Waals surface area contributed by atoms with Crippen molar-refractivity contribution in [1.82, 2.24) is 15.3 Å². The first-order valence-electron chi connectivity index (χ1n) is 6.68. The Kier molecular flexibility index (Phi) is 5.20. The predicted octanol–water partition coefficient (Wildman–Crippen LogP) is 1.33. The van der Waals surface area contributed by atoms with Crippen LogP contribution in [-0.4, -0.2) is 36.6 Å². The summed E-state index contributed by atoms with van der Waals surface area (Å²) in [4.78, 5) is 19.0. The van der Waals surface area contributed by atoms with Crippen LogP contribution in [0.4, 0.5) is 0 Å². The van der Waals surface area contributed by atoms with Crippen LogP contribution in [0, 0.1) is 0 Å². The number of methoxy groups -OCH3 is 2. The summed E-state index contributed by atoms with van der Waals surface area (Å²) in [6.07, 6.45) is 4.45. The van der Waals surface area contributed by atoms with E-state index in [9.17, 15) is 4.79 Å². The predicted molar refractivity (Wildman–Crippen MR) is 78.6 cm³/mol. The number of hydrogen-bond donors (Lipinski definition) is 2. The van der Waals surface area contributed by atoms with Crippen molar-refractivity contribution in [2.24, 2.45) is 0 Å². The Balaban J connectivity index is 1.84. The van der Waals surface area contributed by atoms with E-state index < -0.39 is 0 Å². The monoisotopic (exact) mass is 289 g/mol. The average Bonchev–Trinajstić information content (AvgIpc) is 3.00. The molecule has 1 aromatic carbocycles. The van der Waals surface area contributed by atoms with Crippen LogP contribution in [-0.2, 0) is 17.6 Å². The number of amides is 1. The number of imidazole rings is 1. The fourth-order valence-electron chi connectivity index (χ4n) is 1.99. The Morgan fingerprint density at radius 3 is 2.76 bits per heavy atom. The molecule has 0 atom stereocenters. The number of carbonyl (C=O) groups excluding carboxylic acids is 1. The van der Waals surface area contributed by atoms with Crippen LogP contribution in [0.2, 0.25) is 0 Å². The lowest BCUT2D eigenvalue weighted by atomic mass is 10.1. The third-order valence-corrected chi connectivity index (χ3v) is 3.05. The zero-order valence-corrected chi connectivity index (χ0v) is 12.2. The Morgan fingerprint density at radius 2 is 2.10 bits per heavy atom. The van der Waals surface area contributed by atoms with Crippen LogP contribution >= 0.6 is 0 Å². The first-order valence-corrected chi connectivity index (χ1v) is 6.68. The number of aromatic nitrogens is 2. The van der Waals surface area contributed by atoms with Crippen LogP contribution in [0.25, 0.3) is 0 Å². The molecule has 0 aliphatic heterocycles. The summed E-state index contributed by atoms with van der Waals surface area (Å²) in [5, 5.41) is 2.86. The fraction of sp³-hybridized carbons (Fsp3) is 0.333. The Morgan fingerprint density at radius 1 is 1.29 bits per heavy atom. The first-order chi connectivity index (χ1) is 10.2. The van der Waals surface area contributed by atoms with Gasteiger partial charge in [0.2, 0.25) is 5.91 Å². The van der Waals surface area contributed by atoms with Gasteiger partial charge in [-0.15, -0.1) is 0 Å². The normalized spacial score (nSPS) is 10.2. The van der Waals surface area contributed by atoms with Crippen LogP contribution in [0.3, 0.4) is 0 Å². The molecule has 2 N–H and O–H groups in total. The molecule has 1 aromatic heterocycles. The van der Waals surface area contributed by atoms with Gasteiger partial charge in [-0.2, -0.15) is 0 Å². The zero-order chi connectivity index (χ0) is 15.1. The van der Waals surface area contributed by atoms with E-state index in [0.29, 0.717) is 30.9 Å². The van der Waals surface area contributed by atoms with Crippen LogP contribution in [0.1, 0.15) is 11.4 Å². The van der Waals surface area contributed by atoms with Gasteiger partial charge >= 0.3 is 0 Å². The highest BCUT2D eigenvalue weighted by Crippen LogP contribution is 2.27. The van der Waals surface area contributed by atoms with E-state index >= 15 is 0 Å². The smallest absolute Gasteiger partial charge is 0.224 e. The molecule has 0 fully saturated rings. The lowest BCUT2D eigenvalue weighted by Crippen LogP contribution is -2.27. The van der Waals surface area contributed by atoms with Gasteiger partial charge in [0.25, 0.3) is 0 Å². The summed E-state index contributed by atoms with van der Waals surface area (Å²) in [6, 6.07) is 5.46. The van der Waals surface area contributed by atoms with Crippen molar-refractivity contribution in [3.63, 3.8) is 0 Å². The molecule has 2 rings (SSSR count). The summed E-state index contributed by atoms with van der Waals surface area (Å²) >= 11 is 0. The number of benzene rings is 1. The van der Waals surface area contributed by atoms with Gasteiger partial charge < -0.3 is 19.8 Å². The van der Waals surface area contributed by atoms with Gasteiger partial charge in [0.15, 0.2) is 11.5 Å². The number of ether oxygens (including phenoxy) is 2. The molecule has 0 aliphatic rings. The van der Waals surface area contributed by atoms with E-state index in [4.69, 9.17) is 9.47 Å². The number of hydrogen-bond acceptors (Lipinski definition) is 4. The molecule has 0 aliphatic carbocycles. The molecule has 1 heterocycles. The van der Waals surface area contributed by atoms with Crippen molar-refractivity contribution in [2.75, 3.05) is 20.8 Å². The van der Waals surface area contributed by atoms with E-state index in [1.165, 1.54) is 0 Å². The third kappa shape index (κ3) is 4.24. The zero-order valence-electron chi connectivity index (χ0n) is 12.2. The topological polar surface area (TPSA) is 76.2 Å². The van der Waals surface area contributed by atoms with Crippen molar-refractivity contribution in [3.05, 3.63) is 42.0 Å². The molecule has 0 spiro atoms. The maximum atomic E-state index is 11.9. The Labute approximate surface area is 123 Å². The number of nitrogens with one attached hydrogen (secondary N) is 2. The van der Waals surface area contributed by atoms with Crippen molar-refractivity contribution >= 4 is 5.91 Å². The third-order valence-electron chi connectivity index (χ3n) is 3.05. The molecule has 0 radical (unpaired) electrons. The van der Waals surface area contributed by atoms with Crippen LogP contribution < -0.4 is 14.8 Å². The van der Waals surface area contributed by atoms with Crippen molar-refractivity contribution in [1.29, 1.82) is 0 Å². The molecule has 0 unspecified atom stereocenters. The average molecular weight is 289 g/mol. The number of rotatable bonds is 7. The molecule has 2 aromatic rings. The number of H-pyrrole nitrogens is 1.